The first-order chi connectivity index (χ1) is 10.1. The molecular weight excluding hydrogens is 335 g/mol. The van der Waals surface area contributed by atoms with Gasteiger partial charge in [0.2, 0.25) is 0 Å². The molecule has 110 valence electrons. The molecule has 0 fully saturated rings. The number of rotatable bonds is 4. The number of benzene rings is 2. The van der Waals surface area contributed by atoms with Crippen molar-refractivity contribution < 1.29 is 9.53 Å². The summed E-state index contributed by atoms with van der Waals surface area (Å²) in [5.74, 6) is 0.430. The predicted molar refractivity (Wildman–Crippen MR) is 85.6 cm³/mol. The topological polar surface area (TPSA) is 50.4 Å². The average Bonchev–Trinajstić information content (AvgIpc) is 2.44. The van der Waals surface area contributed by atoms with Gasteiger partial charge in [0, 0.05) is 5.02 Å². The number of hydrogen-bond donors (Lipinski definition) is 2. The van der Waals surface area contributed by atoms with Crippen molar-refractivity contribution >= 4 is 46.5 Å². The van der Waals surface area contributed by atoms with Gasteiger partial charge in [-0.3, -0.25) is 0 Å². The fourth-order valence-electron chi connectivity index (χ4n) is 1.50. The minimum atomic E-state index is -0.437. The lowest BCUT2D eigenvalue weighted by Gasteiger charge is -2.11. The van der Waals surface area contributed by atoms with Crippen LogP contribution in [0.25, 0.3) is 0 Å². The Bertz CT molecular complexity index is 650. The fraction of sp³-hybridized carbons (Fsp3) is 0.0714. The SMILES string of the molecule is O=C(NCOc1ccc(Cl)cc1Cl)Nc1ccccc1Cl. The molecule has 2 aromatic rings. The van der Waals surface area contributed by atoms with Crippen molar-refractivity contribution in [3.05, 3.63) is 57.5 Å². The normalized spacial score (nSPS) is 10.0. The Labute approximate surface area is 137 Å². The molecule has 0 aliphatic rings. The summed E-state index contributed by atoms with van der Waals surface area (Å²) in [6.45, 7) is -0.0440. The lowest BCUT2D eigenvalue weighted by molar-refractivity contribution is 0.234. The van der Waals surface area contributed by atoms with Gasteiger partial charge in [-0.1, -0.05) is 46.9 Å². The summed E-state index contributed by atoms with van der Waals surface area (Å²) in [5.41, 5.74) is 0.515. The number of para-hydroxylation sites is 1. The van der Waals surface area contributed by atoms with Gasteiger partial charge in [-0.05, 0) is 30.3 Å². The van der Waals surface area contributed by atoms with Crippen LogP contribution in [0.4, 0.5) is 10.5 Å². The van der Waals surface area contributed by atoms with E-state index >= 15 is 0 Å². The van der Waals surface area contributed by atoms with Gasteiger partial charge >= 0.3 is 6.03 Å². The van der Waals surface area contributed by atoms with Gasteiger partial charge in [0.25, 0.3) is 0 Å². The highest BCUT2D eigenvalue weighted by atomic mass is 35.5. The van der Waals surface area contributed by atoms with E-state index in [4.69, 9.17) is 39.5 Å². The molecule has 2 N–H and O–H groups in total. The van der Waals surface area contributed by atoms with Crippen LogP contribution >= 0.6 is 34.8 Å². The first kappa shape index (κ1) is 15.8. The van der Waals surface area contributed by atoms with Crippen LogP contribution in [0.5, 0.6) is 5.75 Å². The average molecular weight is 346 g/mol. The van der Waals surface area contributed by atoms with E-state index in [0.717, 1.165) is 0 Å². The second-order valence-corrected chi connectivity index (χ2v) is 5.23. The third-order valence-electron chi connectivity index (χ3n) is 2.48. The third-order valence-corrected chi connectivity index (χ3v) is 3.34. The zero-order chi connectivity index (χ0) is 15.2. The van der Waals surface area contributed by atoms with Crippen LogP contribution in [0.3, 0.4) is 0 Å². The number of anilines is 1. The van der Waals surface area contributed by atoms with Crippen molar-refractivity contribution in [2.24, 2.45) is 0 Å². The van der Waals surface area contributed by atoms with E-state index in [1.807, 2.05) is 0 Å². The van der Waals surface area contributed by atoms with Crippen LogP contribution < -0.4 is 15.4 Å². The molecule has 0 unspecified atom stereocenters. The van der Waals surface area contributed by atoms with Crippen LogP contribution in [-0.4, -0.2) is 12.8 Å². The molecule has 0 saturated heterocycles. The number of urea groups is 1. The summed E-state index contributed by atoms with van der Waals surface area (Å²) in [6.07, 6.45) is 0. The minimum Gasteiger partial charge on any atom is -0.472 e. The quantitative estimate of drug-likeness (QED) is 0.782. The van der Waals surface area contributed by atoms with E-state index in [0.29, 0.717) is 26.5 Å². The van der Waals surface area contributed by atoms with E-state index < -0.39 is 6.03 Å². The number of halogens is 3. The molecule has 0 aliphatic heterocycles. The van der Waals surface area contributed by atoms with Gasteiger partial charge in [-0.25, -0.2) is 4.79 Å². The molecule has 2 amide bonds. The second kappa shape index (κ2) is 7.41. The summed E-state index contributed by atoms with van der Waals surface area (Å²) in [6, 6.07) is 11.3. The maximum absolute atomic E-state index is 11.7. The van der Waals surface area contributed by atoms with E-state index in [2.05, 4.69) is 10.6 Å². The predicted octanol–water partition coefficient (Wildman–Crippen LogP) is 4.80. The maximum atomic E-state index is 11.7. The summed E-state index contributed by atoms with van der Waals surface area (Å²) in [7, 11) is 0. The molecule has 0 spiro atoms. The summed E-state index contributed by atoms with van der Waals surface area (Å²) < 4.78 is 5.33. The Morgan fingerprint density at radius 1 is 1.05 bits per heavy atom. The molecule has 7 heteroatoms. The van der Waals surface area contributed by atoms with Crippen LogP contribution in [0, 0.1) is 0 Å². The number of amides is 2. The maximum Gasteiger partial charge on any atom is 0.321 e. The monoisotopic (exact) mass is 344 g/mol. The van der Waals surface area contributed by atoms with Crippen molar-refractivity contribution in [1.29, 1.82) is 0 Å². The van der Waals surface area contributed by atoms with Crippen LogP contribution in [0.1, 0.15) is 0 Å². The molecule has 21 heavy (non-hydrogen) atoms. The Balaban J connectivity index is 1.83. The summed E-state index contributed by atoms with van der Waals surface area (Å²) in [4.78, 5) is 11.7. The summed E-state index contributed by atoms with van der Waals surface area (Å²) >= 11 is 17.6. The number of carbonyl (C=O) groups excluding carboxylic acids is 1. The molecular formula is C14H11Cl3N2O2. The lowest BCUT2D eigenvalue weighted by Crippen LogP contribution is -2.32. The molecule has 0 heterocycles. The van der Waals surface area contributed by atoms with Gasteiger partial charge < -0.3 is 15.4 Å². The minimum absolute atomic E-state index is 0.0440. The number of ether oxygens (including phenoxy) is 1. The molecule has 0 radical (unpaired) electrons. The first-order valence-electron chi connectivity index (χ1n) is 5.93. The molecule has 0 bridgehead atoms. The smallest absolute Gasteiger partial charge is 0.321 e. The van der Waals surface area contributed by atoms with Crippen molar-refractivity contribution in [2.45, 2.75) is 0 Å². The zero-order valence-corrected chi connectivity index (χ0v) is 13.0. The standard InChI is InChI=1S/C14H11Cl3N2O2/c15-9-5-6-13(11(17)7-9)21-8-18-14(20)19-12-4-2-1-3-10(12)16/h1-7H,8H2,(H2,18,19,20). The van der Waals surface area contributed by atoms with Crippen molar-refractivity contribution in [2.75, 3.05) is 12.0 Å². The highest BCUT2D eigenvalue weighted by Crippen LogP contribution is 2.27. The van der Waals surface area contributed by atoms with Crippen molar-refractivity contribution in [3.63, 3.8) is 0 Å². The summed E-state index contributed by atoms with van der Waals surface area (Å²) in [5, 5.41) is 6.47. The molecule has 0 aromatic heterocycles. The first-order valence-corrected chi connectivity index (χ1v) is 7.07. The highest BCUT2D eigenvalue weighted by Gasteiger charge is 2.06. The lowest BCUT2D eigenvalue weighted by atomic mass is 10.3. The largest absolute Gasteiger partial charge is 0.472 e. The van der Waals surface area contributed by atoms with E-state index in [1.165, 1.54) is 0 Å². The van der Waals surface area contributed by atoms with E-state index in [1.54, 1.807) is 42.5 Å². The van der Waals surface area contributed by atoms with Crippen LogP contribution in [-0.2, 0) is 0 Å². The Morgan fingerprint density at radius 2 is 1.81 bits per heavy atom. The number of nitrogens with one attached hydrogen (secondary N) is 2. The van der Waals surface area contributed by atoms with Gasteiger partial charge in [0.05, 0.1) is 15.7 Å². The molecule has 2 rings (SSSR count). The highest BCUT2D eigenvalue weighted by molar-refractivity contribution is 6.35. The van der Waals surface area contributed by atoms with E-state index in [-0.39, 0.29) is 6.73 Å². The zero-order valence-electron chi connectivity index (χ0n) is 10.7. The van der Waals surface area contributed by atoms with Gasteiger partial charge in [0.1, 0.15) is 5.75 Å². The molecule has 4 nitrogen and oxygen atoms in total. The van der Waals surface area contributed by atoms with Gasteiger partial charge in [0.15, 0.2) is 6.73 Å². The third kappa shape index (κ3) is 4.70. The Kier molecular flexibility index (Phi) is 5.56. The molecule has 2 aromatic carbocycles. The van der Waals surface area contributed by atoms with E-state index in [9.17, 15) is 4.79 Å². The molecule has 0 aliphatic carbocycles. The van der Waals surface area contributed by atoms with Gasteiger partial charge in [-0.2, -0.15) is 0 Å². The van der Waals surface area contributed by atoms with Crippen molar-refractivity contribution in [3.8, 4) is 5.75 Å². The molecule has 0 atom stereocenters. The Morgan fingerprint density at radius 3 is 2.52 bits per heavy atom. The van der Waals surface area contributed by atoms with Crippen molar-refractivity contribution in [1.82, 2.24) is 5.32 Å². The van der Waals surface area contributed by atoms with Crippen LogP contribution in [0.15, 0.2) is 42.5 Å². The number of carbonyl (C=O) groups is 1. The second-order valence-electron chi connectivity index (χ2n) is 3.97. The Hall–Kier alpha value is -1.62. The molecule has 0 saturated carbocycles. The van der Waals surface area contributed by atoms with Crippen LogP contribution in [0.2, 0.25) is 15.1 Å². The number of hydrogen-bond acceptors (Lipinski definition) is 2. The fourth-order valence-corrected chi connectivity index (χ4v) is 2.15. The van der Waals surface area contributed by atoms with Gasteiger partial charge in [-0.15, -0.1) is 0 Å².